The van der Waals surface area contributed by atoms with E-state index in [4.69, 9.17) is 5.73 Å². The third-order valence-electron chi connectivity index (χ3n) is 2.50. The minimum absolute atomic E-state index is 0.0603. The fraction of sp³-hybridized carbons (Fsp3) is 0.0769. The number of carbonyl (C=O) groups excluding carboxylic acids is 2. The summed E-state index contributed by atoms with van der Waals surface area (Å²) < 4.78 is 1.49. The molecular weight excluding hydrogens is 230 g/mol. The van der Waals surface area contributed by atoms with Crippen molar-refractivity contribution in [2.45, 2.75) is 6.54 Å². The van der Waals surface area contributed by atoms with Crippen molar-refractivity contribution >= 4 is 11.7 Å². The van der Waals surface area contributed by atoms with Crippen LogP contribution in [0.4, 0.5) is 0 Å². The zero-order valence-electron chi connectivity index (χ0n) is 9.61. The Morgan fingerprint density at radius 2 is 1.94 bits per heavy atom. The zero-order valence-corrected chi connectivity index (χ0v) is 9.61. The number of benzene rings is 1. The molecule has 5 heteroatoms. The van der Waals surface area contributed by atoms with E-state index in [1.165, 1.54) is 17.0 Å². The van der Waals surface area contributed by atoms with Gasteiger partial charge in [-0.2, -0.15) is 4.57 Å². The lowest BCUT2D eigenvalue weighted by molar-refractivity contribution is -0.685. The van der Waals surface area contributed by atoms with Crippen LogP contribution in [-0.4, -0.2) is 16.7 Å². The average Bonchev–Trinajstić information content (AvgIpc) is 2.40. The van der Waals surface area contributed by atoms with Gasteiger partial charge in [0.25, 0.3) is 5.69 Å². The minimum atomic E-state index is -0.607. The molecule has 0 fully saturated rings. The van der Waals surface area contributed by atoms with Gasteiger partial charge in [-0.1, -0.05) is 30.3 Å². The number of ketones is 1. The van der Waals surface area contributed by atoms with Crippen molar-refractivity contribution in [3.63, 3.8) is 0 Å². The number of rotatable bonds is 4. The summed E-state index contributed by atoms with van der Waals surface area (Å²) >= 11 is 0. The quantitative estimate of drug-likeness (QED) is 0.620. The summed E-state index contributed by atoms with van der Waals surface area (Å²) in [4.78, 5) is 27.0. The van der Waals surface area contributed by atoms with E-state index in [0.717, 1.165) is 0 Å². The molecule has 1 aromatic carbocycles. The maximum absolute atomic E-state index is 12.0. The first-order chi connectivity index (χ1) is 8.68. The second kappa shape index (κ2) is 5.18. The highest BCUT2D eigenvalue weighted by Crippen LogP contribution is 2.00. The van der Waals surface area contributed by atoms with E-state index in [-0.39, 0.29) is 18.0 Å². The van der Waals surface area contributed by atoms with Gasteiger partial charge in [-0.15, -0.1) is 0 Å². The third kappa shape index (κ3) is 2.57. The van der Waals surface area contributed by atoms with Crippen LogP contribution in [0.3, 0.4) is 0 Å². The van der Waals surface area contributed by atoms with Crippen molar-refractivity contribution in [2.75, 3.05) is 0 Å². The van der Waals surface area contributed by atoms with Crippen LogP contribution in [-0.2, 0) is 6.54 Å². The summed E-state index contributed by atoms with van der Waals surface area (Å²) in [5.74, 6) is -0.696. The molecule has 0 saturated carbocycles. The van der Waals surface area contributed by atoms with Crippen molar-refractivity contribution in [1.82, 2.24) is 4.98 Å². The molecule has 90 valence electrons. The van der Waals surface area contributed by atoms with E-state index in [1.807, 2.05) is 6.07 Å². The SMILES string of the molecule is NC(=O)c1cncc[n+]1CC(=O)c1ccccc1. The lowest BCUT2D eigenvalue weighted by Crippen LogP contribution is -2.45. The standard InChI is InChI=1S/C13H11N3O2/c14-13(18)11-8-15-6-7-16(11)9-12(17)10-4-2-1-3-5-10/h1-8H,9H2,(H-,14,18)/p+1. The van der Waals surface area contributed by atoms with Gasteiger partial charge in [0.2, 0.25) is 12.3 Å². The highest BCUT2D eigenvalue weighted by Gasteiger charge is 2.19. The molecule has 2 rings (SSSR count). The van der Waals surface area contributed by atoms with Gasteiger partial charge in [0.1, 0.15) is 6.20 Å². The molecule has 0 atom stereocenters. The summed E-state index contributed by atoms with van der Waals surface area (Å²) in [5.41, 5.74) is 6.02. The Bertz CT molecular complexity index is 582. The summed E-state index contributed by atoms with van der Waals surface area (Å²) in [6.07, 6.45) is 4.41. The molecule has 1 heterocycles. The van der Waals surface area contributed by atoms with Gasteiger partial charge < -0.3 is 5.73 Å². The number of Topliss-reactive ketones (excluding diaryl/α,β-unsaturated/α-hetero) is 1. The molecule has 1 aromatic heterocycles. The number of nitrogens with zero attached hydrogens (tertiary/aromatic N) is 2. The van der Waals surface area contributed by atoms with Gasteiger partial charge in [-0.05, 0) is 0 Å². The number of hydrogen-bond donors (Lipinski definition) is 1. The Kier molecular flexibility index (Phi) is 3.43. The normalized spacial score (nSPS) is 10.0. The molecule has 0 aliphatic heterocycles. The Morgan fingerprint density at radius 1 is 1.22 bits per heavy atom. The molecule has 5 nitrogen and oxygen atoms in total. The lowest BCUT2D eigenvalue weighted by atomic mass is 10.1. The smallest absolute Gasteiger partial charge is 0.315 e. The van der Waals surface area contributed by atoms with Crippen molar-refractivity contribution in [3.05, 3.63) is 60.2 Å². The van der Waals surface area contributed by atoms with Crippen molar-refractivity contribution < 1.29 is 14.2 Å². The Morgan fingerprint density at radius 3 is 2.61 bits per heavy atom. The van der Waals surface area contributed by atoms with Gasteiger partial charge in [0.15, 0.2) is 6.20 Å². The Hall–Kier alpha value is -2.56. The van der Waals surface area contributed by atoms with Crippen molar-refractivity contribution in [3.8, 4) is 0 Å². The fourth-order valence-electron chi connectivity index (χ4n) is 1.60. The third-order valence-corrected chi connectivity index (χ3v) is 2.50. The Labute approximate surface area is 104 Å². The molecular formula is C13H12N3O2+. The van der Waals surface area contributed by atoms with Gasteiger partial charge in [-0.25, -0.2) is 0 Å². The second-order valence-electron chi connectivity index (χ2n) is 3.74. The molecule has 0 aliphatic carbocycles. The van der Waals surface area contributed by atoms with E-state index in [9.17, 15) is 9.59 Å². The number of hydrogen-bond acceptors (Lipinski definition) is 3. The van der Waals surface area contributed by atoms with E-state index < -0.39 is 5.91 Å². The summed E-state index contributed by atoms with van der Waals surface area (Å²) in [5, 5.41) is 0. The molecule has 0 unspecified atom stereocenters. The number of primary amides is 1. The predicted molar refractivity (Wildman–Crippen MR) is 63.7 cm³/mol. The molecule has 0 saturated heterocycles. The number of amides is 1. The molecule has 2 N–H and O–H groups in total. The maximum Gasteiger partial charge on any atom is 0.315 e. The number of aromatic nitrogens is 2. The summed E-state index contributed by atoms with van der Waals surface area (Å²) in [7, 11) is 0. The molecule has 0 bridgehead atoms. The molecule has 0 aliphatic rings. The van der Waals surface area contributed by atoms with Crippen LogP contribution in [0.2, 0.25) is 0 Å². The average molecular weight is 242 g/mol. The fourth-order valence-corrected chi connectivity index (χ4v) is 1.60. The number of nitrogens with two attached hydrogens (primary N) is 1. The van der Waals surface area contributed by atoms with Crippen LogP contribution in [0.25, 0.3) is 0 Å². The van der Waals surface area contributed by atoms with Crippen LogP contribution in [0, 0.1) is 0 Å². The van der Waals surface area contributed by atoms with Gasteiger partial charge in [-0.3, -0.25) is 14.6 Å². The van der Waals surface area contributed by atoms with E-state index in [0.29, 0.717) is 5.56 Å². The maximum atomic E-state index is 12.0. The van der Waals surface area contributed by atoms with Crippen LogP contribution < -0.4 is 10.3 Å². The first-order valence-electron chi connectivity index (χ1n) is 5.40. The first kappa shape index (κ1) is 11.9. The second-order valence-corrected chi connectivity index (χ2v) is 3.74. The van der Waals surface area contributed by atoms with Crippen molar-refractivity contribution in [1.29, 1.82) is 0 Å². The van der Waals surface area contributed by atoms with Crippen LogP contribution in [0.1, 0.15) is 20.8 Å². The highest BCUT2D eigenvalue weighted by atomic mass is 16.1. The highest BCUT2D eigenvalue weighted by molar-refractivity contribution is 5.95. The monoisotopic (exact) mass is 242 g/mol. The largest absolute Gasteiger partial charge is 0.360 e. The van der Waals surface area contributed by atoms with Crippen LogP contribution >= 0.6 is 0 Å². The number of carbonyl (C=O) groups is 2. The first-order valence-corrected chi connectivity index (χ1v) is 5.40. The molecule has 18 heavy (non-hydrogen) atoms. The van der Waals surface area contributed by atoms with Crippen molar-refractivity contribution in [2.24, 2.45) is 5.73 Å². The molecule has 0 spiro atoms. The zero-order chi connectivity index (χ0) is 13.0. The summed E-state index contributed by atoms with van der Waals surface area (Å²) in [6, 6.07) is 8.88. The predicted octanol–water partition coefficient (Wildman–Crippen LogP) is 0.351. The molecule has 1 amide bonds. The lowest BCUT2D eigenvalue weighted by Gasteiger charge is -2.00. The van der Waals surface area contributed by atoms with Gasteiger partial charge in [0, 0.05) is 5.56 Å². The van der Waals surface area contributed by atoms with E-state index in [2.05, 4.69) is 4.98 Å². The Balaban J connectivity index is 2.25. The van der Waals surface area contributed by atoms with E-state index >= 15 is 0 Å². The molecule has 0 radical (unpaired) electrons. The van der Waals surface area contributed by atoms with Gasteiger partial charge >= 0.3 is 5.91 Å². The van der Waals surface area contributed by atoms with Crippen LogP contribution in [0.5, 0.6) is 0 Å². The summed E-state index contributed by atoms with van der Waals surface area (Å²) in [6.45, 7) is 0.0603. The van der Waals surface area contributed by atoms with Crippen LogP contribution in [0.15, 0.2) is 48.9 Å². The minimum Gasteiger partial charge on any atom is -0.360 e. The topological polar surface area (TPSA) is 76.9 Å². The molecule has 2 aromatic rings. The van der Waals surface area contributed by atoms with Gasteiger partial charge in [0.05, 0.1) is 6.20 Å². The van der Waals surface area contributed by atoms with E-state index in [1.54, 1.807) is 30.5 Å².